The van der Waals surface area contributed by atoms with Crippen LogP contribution in [0, 0.1) is 0 Å². The summed E-state index contributed by atoms with van der Waals surface area (Å²) in [4.78, 5) is 4.19. The highest BCUT2D eigenvalue weighted by Crippen LogP contribution is 2.11. The van der Waals surface area contributed by atoms with E-state index in [-0.39, 0.29) is 0 Å². The Morgan fingerprint density at radius 2 is 1.56 bits per heavy atom. The third-order valence-corrected chi connectivity index (χ3v) is 3.19. The van der Waals surface area contributed by atoms with E-state index in [0.717, 1.165) is 18.7 Å². The van der Waals surface area contributed by atoms with Gasteiger partial charge in [0.2, 0.25) is 5.89 Å². The lowest BCUT2D eigenvalue weighted by Gasteiger charge is -2.00. The van der Waals surface area contributed by atoms with Gasteiger partial charge < -0.3 is 10.3 Å². The average Bonchev–Trinajstić information content (AvgIpc) is 2.85. The highest BCUT2D eigenvalue weighted by molar-refractivity contribution is 4.84. The Bertz CT molecular complexity index is 299. The van der Waals surface area contributed by atoms with Gasteiger partial charge in [-0.25, -0.2) is 0 Å². The Balaban J connectivity index is 1.89. The van der Waals surface area contributed by atoms with Crippen LogP contribution in [0.2, 0.25) is 0 Å². The first kappa shape index (κ1) is 15.2. The second-order valence-corrected chi connectivity index (χ2v) is 4.89. The maximum absolute atomic E-state index is 5.42. The summed E-state index contributed by atoms with van der Waals surface area (Å²) in [5.41, 5.74) is 5.42. The normalized spacial score (nSPS) is 11.0. The van der Waals surface area contributed by atoms with Gasteiger partial charge in [0.15, 0.2) is 5.82 Å². The van der Waals surface area contributed by atoms with E-state index in [1.807, 2.05) is 0 Å². The van der Waals surface area contributed by atoms with Crippen molar-refractivity contribution < 1.29 is 4.52 Å². The number of rotatable bonds is 11. The first-order chi connectivity index (χ1) is 8.86. The Kier molecular flexibility index (Phi) is 8.47. The maximum atomic E-state index is 5.42. The fourth-order valence-corrected chi connectivity index (χ4v) is 2.06. The lowest BCUT2D eigenvalue weighted by atomic mass is 10.1. The highest BCUT2D eigenvalue weighted by atomic mass is 16.5. The zero-order chi connectivity index (χ0) is 13.1. The molecule has 1 aromatic rings. The van der Waals surface area contributed by atoms with Crippen LogP contribution in [-0.2, 0) is 13.0 Å². The van der Waals surface area contributed by atoms with E-state index < -0.39 is 0 Å². The Morgan fingerprint density at radius 1 is 0.944 bits per heavy atom. The monoisotopic (exact) mass is 253 g/mol. The quantitative estimate of drug-likeness (QED) is 0.612. The zero-order valence-corrected chi connectivity index (χ0v) is 11.7. The fourth-order valence-electron chi connectivity index (χ4n) is 2.06. The number of hydrogen-bond donors (Lipinski definition) is 1. The third kappa shape index (κ3) is 6.74. The Morgan fingerprint density at radius 3 is 2.11 bits per heavy atom. The molecule has 0 aliphatic rings. The van der Waals surface area contributed by atoms with Crippen molar-refractivity contribution in [3.05, 3.63) is 11.7 Å². The van der Waals surface area contributed by atoms with E-state index in [4.69, 9.17) is 10.3 Å². The molecule has 4 nitrogen and oxygen atoms in total. The minimum absolute atomic E-state index is 0.362. The SMILES string of the molecule is CCCCCCCCCCCc1nc(CN)no1. The van der Waals surface area contributed by atoms with E-state index >= 15 is 0 Å². The zero-order valence-electron chi connectivity index (χ0n) is 11.7. The molecule has 0 spiro atoms. The molecule has 0 radical (unpaired) electrons. The number of hydrogen-bond acceptors (Lipinski definition) is 4. The van der Waals surface area contributed by atoms with Crippen LogP contribution in [0.25, 0.3) is 0 Å². The summed E-state index contributed by atoms with van der Waals surface area (Å²) in [5, 5.41) is 3.78. The van der Waals surface area contributed by atoms with Gasteiger partial charge in [0, 0.05) is 6.42 Å². The van der Waals surface area contributed by atoms with E-state index in [1.54, 1.807) is 0 Å². The average molecular weight is 253 g/mol. The molecule has 1 rings (SSSR count). The van der Waals surface area contributed by atoms with Crippen LogP contribution in [0.1, 0.15) is 76.4 Å². The molecule has 0 atom stereocenters. The fraction of sp³-hybridized carbons (Fsp3) is 0.857. The Hall–Kier alpha value is -0.900. The third-order valence-electron chi connectivity index (χ3n) is 3.19. The van der Waals surface area contributed by atoms with Crippen molar-refractivity contribution in [1.29, 1.82) is 0 Å². The van der Waals surface area contributed by atoms with Crippen molar-refractivity contribution in [3.63, 3.8) is 0 Å². The van der Waals surface area contributed by atoms with Gasteiger partial charge in [-0.3, -0.25) is 0 Å². The standard InChI is InChI=1S/C14H27N3O/c1-2-3-4-5-6-7-8-9-10-11-14-16-13(12-15)17-18-14/h2-12,15H2,1H3. The molecule has 1 aromatic heterocycles. The molecule has 0 saturated heterocycles. The molecule has 18 heavy (non-hydrogen) atoms. The largest absolute Gasteiger partial charge is 0.339 e. The van der Waals surface area contributed by atoms with Crippen LogP contribution in [0.4, 0.5) is 0 Å². The number of nitrogens with two attached hydrogens (primary N) is 1. The molecule has 0 bridgehead atoms. The van der Waals surface area contributed by atoms with Crippen LogP contribution in [0.5, 0.6) is 0 Å². The van der Waals surface area contributed by atoms with Crippen molar-refractivity contribution in [2.24, 2.45) is 5.73 Å². The van der Waals surface area contributed by atoms with Crippen LogP contribution in [-0.4, -0.2) is 10.1 Å². The van der Waals surface area contributed by atoms with Gasteiger partial charge in [0.05, 0.1) is 6.54 Å². The molecule has 0 aliphatic carbocycles. The van der Waals surface area contributed by atoms with E-state index in [2.05, 4.69) is 17.1 Å². The van der Waals surface area contributed by atoms with Gasteiger partial charge in [0.25, 0.3) is 0 Å². The predicted octanol–water partition coefficient (Wildman–Crippen LogP) is 3.60. The number of nitrogens with zero attached hydrogens (tertiary/aromatic N) is 2. The van der Waals surface area contributed by atoms with Crippen molar-refractivity contribution in [3.8, 4) is 0 Å². The first-order valence-corrected chi connectivity index (χ1v) is 7.38. The van der Waals surface area contributed by atoms with Crippen LogP contribution >= 0.6 is 0 Å². The molecule has 0 saturated carbocycles. The minimum atomic E-state index is 0.362. The van der Waals surface area contributed by atoms with Gasteiger partial charge in [-0.15, -0.1) is 0 Å². The molecular formula is C14H27N3O. The van der Waals surface area contributed by atoms with E-state index in [1.165, 1.54) is 51.4 Å². The summed E-state index contributed by atoms with van der Waals surface area (Å²) in [6.07, 6.45) is 12.9. The molecule has 0 unspecified atom stereocenters. The molecule has 0 aliphatic heterocycles. The van der Waals surface area contributed by atoms with Crippen LogP contribution < -0.4 is 5.73 Å². The number of aromatic nitrogens is 2. The van der Waals surface area contributed by atoms with Crippen LogP contribution in [0.3, 0.4) is 0 Å². The van der Waals surface area contributed by atoms with Gasteiger partial charge in [-0.1, -0.05) is 63.4 Å². The summed E-state index contributed by atoms with van der Waals surface area (Å²) in [6.45, 7) is 2.62. The summed E-state index contributed by atoms with van der Waals surface area (Å²) in [6, 6.07) is 0. The smallest absolute Gasteiger partial charge is 0.226 e. The lowest BCUT2D eigenvalue weighted by Crippen LogP contribution is -1.98. The summed E-state index contributed by atoms with van der Waals surface area (Å²) in [7, 11) is 0. The van der Waals surface area contributed by atoms with Gasteiger partial charge in [-0.2, -0.15) is 4.98 Å². The Labute approximate surface area is 110 Å². The number of aryl methyl sites for hydroxylation is 1. The van der Waals surface area contributed by atoms with Crippen molar-refractivity contribution in [1.82, 2.24) is 10.1 Å². The second-order valence-electron chi connectivity index (χ2n) is 4.89. The van der Waals surface area contributed by atoms with Crippen LogP contribution in [0.15, 0.2) is 4.52 Å². The summed E-state index contributed by atoms with van der Waals surface area (Å²) in [5.74, 6) is 1.35. The topological polar surface area (TPSA) is 64.9 Å². The van der Waals surface area contributed by atoms with Gasteiger partial charge in [0.1, 0.15) is 0 Å². The second kappa shape index (κ2) is 10.1. The van der Waals surface area contributed by atoms with E-state index in [9.17, 15) is 0 Å². The first-order valence-electron chi connectivity index (χ1n) is 7.38. The highest BCUT2D eigenvalue weighted by Gasteiger charge is 2.03. The lowest BCUT2D eigenvalue weighted by molar-refractivity contribution is 0.368. The molecule has 0 fully saturated rings. The maximum Gasteiger partial charge on any atom is 0.226 e. The molecule has 2 N–H and O–H groups in total. The van der Waals surface area contributed by atoms with Crippen molar-refractivity contribution in [2.45, 2.75) is 77.7 Å². The van der Waals surface area contributed by atoms with Crippen molar-refractivity contribution >= 4 is 0 Å². The van der Waals surface area contributed by atoms with Crippen molar-refractivity contribution in [2.75, 3.05) is 0 Å². The van der Waals surface area contributed by atoms with Gasteiger partial charge >= 0.3 is 0 Å². The molecule has 0 amide bonds. The van der Waals surface area contributed by atoms with Gasteiger partial charge in [-0.05, 0) is 6.42 Å². The molecule has 104 valence electrons. The molecule has 1 heterocycles. The number of unbranched alkanes of at least 4 members (excludes halogenated alkanes) is 8. The molecular weight excluding hydrogens is 226 g/mol. The summed E-state index contributed by atoms with van der Waals surface area (Å²) < 4.78 is 5.09. The summed E-state index contributed by atoms with van der Waals surface area (Å²) >= 11 is 0. The molecule has 0 aromatic carbocycles. The minimum Gasteiger partial charge on any atom is -0.339 e. The van der Waals surface area contributed by atoms with E-state index in [0.29, 0.717) is 12.4 Å². The predicted molar refractivity (Wildman–Crippen MR) is 73.1 cm³/mol. The molecule has 4 heteroatoms.